The van der Waals surface area contributed by atoms with Crippen molar-refractivity contribution in [3.63, 3.8) is 0 Å². The fraction of sp³-hybridized carbons (Fsp3) is 0.571. The van der Waals surface area contributed by atoms with Crippen molar-refractivity contribution in [2.45, 2.75) is 19.8 Å². The molecule has 94 valence electrons. The van der Waals surface area contributed by atoms with E-state index in [1.165, 1.54) is 6.42 Å². The minimum Gasteiger partial charge on any atom is -0.372 e. The van der Waals surface area contributed by atoms with E-state index in [2.05, 4.69) is 6.92 Å². The third-order valence-corrected chi connectivity index (χ3v) is 3.64. The van der Waals surface area contributed by atoms with E-state index in [-0.39, 0.29) is 5.82 Å². The average molecular weight is 236 g/mol. The van der Waals surface area contributed by atoms with E-state index in [4.69, 9.17) is 5.73 Å². The second-order valence-electron chi connectivity index (χ2n) is 5.18. The quantitative estimate of drug-likeness (QED) is 0.850. The van der Waals surface area contributed by atoms with Crippen molar-refractivity contribution in [2.24, 2.45) is 17.6 Å². The summed E-state index contributed by atoms with van der Waals surface area (Å²) in [5.74, 6) is 1.41. The van der Waals surface area contributed by atoms with Crippen LogP contribution in [0, 0.1) is 17.7 Å². The maximum absolute atomic E-state index is 13.9. The van der Waals surface area contributed by atoms with Crippen LogP contribution >= 0.6 is 0 Å². The minimum atomic E-state index is -0.133. The fourth-order valence-corrected chi connectivity index (χ4v) is 2.29. The summed E-state index contributed by atoms with van der Waals surface area (Å²) >= 11 is 0. The van der Waals surface area contributed by atoms with Crippen LogP contribution in [0.5, 0.6) is 0 Å². The van der Waals surface area contributed by atoms with Gasteiger partial charge in [-0.15, -0.1) is 0 Å². The monoisotopic (exact) mass is 236 g/mol. The molecule has 0 saturated heterocycles. The topological polar surface area (TPSA) is 29.3 Å². The fourth-order valence-electron chi connectivity index (χ4n) is 2.29. The van der Waals surface area contributed by atoms with Crippen LogP contribution in [0.2, 0.25) is 0 Å². The molecule has 1 fully saturated rings. The van der Waals surface area contributed by atoms with Gasteiger partial charge in [0, 0.05) is 13.6 Å². The summed E-state index contributed by atoms with van der Waals surface area (Å²) in [4.78, 5) is 2.02. The third kappa shape index (κ3) is 2.97. The Bertz CT molecular complexity index is 392. The largest absolute Gasteiger partial charge is 0.372 e. The van der Waals surface area contributed by atoms with Crippen molar-refractivity contribution in [1.82, 2.24) is 0 Å². The molecule has 0 radical (unpaired) electrons. The molecule has 0 spiro atoms. The number of hydrogen-bond donors (Lipinski definition) is 1. The van der Waals surface area contributed by atoms with Gasteiger partial charge in [0.15, 0.2) is 0 Å². The van der Waals surface area contributed by atoms with Crippen LogP contribution in [-0.4, -0.2) is 20.1 Å². The molecule has 1 aliphatic rings. The molecule has 0 amide bonds. The van der Waals surface area contributed by atoms with Crippen molar-refractivity contribution in [1.29, 1.82) is 0 Å². The molecule has 2 rings (SSSR count). The smallest absolute Gasteiger partial charge is 0.146 e. The zero-order chi connectivity index (χ0) is 12.4. The average Bonchev–Trinajstić information content (AvgIpc) is 2.94. The molecular formula is C14H21FN2. The molecule has 2 nitrogen and oxygen atoms in total. The van der Waals surface area contributed by atoms with Gasteiger partial charge in [0.25, 0.3) is 0 Å². The summed E-state index contributed by atoms with van der Waals surface area (Å²) in [6.45, 7) is 3.77. The lowest BCUT2D eigenvalue weighted by molar-refractivity contribution is 0.614. The minimum absolute atomic E-state index is 0.133. The van der Waals surface area contributed by atoms with E-state index in [0.29, 0.717) is 12.2 Å². The lowest BCUT2D eigenvalue weighted by atomic mass is 10.1. The van der Waals surface area contributed by atoms with Crippen molar-refractivity contribution < 1.29 is 4.39 Å². The summed E-state index contributed by atoms with van der Waals surface area (Å²) in [6, 6.07) is 5.44. The van der Waals surface area contributed by atoms with Crippen molar-refractivity contribution >= 4 is 5.69 Å². The Labute approximate surface area is 103 Å². The maximum Gasteiger partial charge on any atom is 0.146 e. The Hall–Kier alpha value is -1.09. The molecule has 2 N–H and O–H groups in total. The van der Waals surface area contributed by atoms with E-state index in [1.807, 2.05) is 24.1 Å². The number of halogens is 1. The molecule has 0 heterocycles. The third-order valence-electron chi connectivity index (χ3n) is 3.64. The molecule has 1 aromatic rings. The Kier molecular flexibility index (Phi) is 3.67. The predicted octanol–water partition coefficient (Wildman–Crippen LogP) is 2.42. The van der Waals surface area contributed by atoms with Crippen LogP contribution < -0.4 is 10.6 Å². The van der Waals surface area contributed by atoms with Crippen molar-refractivity contribution in [2.75, 3.05) is 25.0 Å². The van der Waals surface area contributed by atoms with Crippen LogP contribution in [0.15, 0.2) is 18.2 Å². The Balaban J connectivity index is 2.04. The molecule has 1 aliphatic carbocycles. The van der Waals surface area contributed by atoms with Gasteiger partial charge in [-0.1, -0.05) is 13.0 Å². The maximum atomic E-state index is 13.9. The predicted molar refractivity (Wildman–Crippen MR) is 69.7 cm³/mol. The first-order valence-corrected chi connectivity index (χ1v) is 6.31. The van der Waals surface area contributed by atoms with Gasteiger partial charge in [-0.05, 0) is 48.9 Å². The van der Waals surface area contributed by atoms with Gasteiger partial charge >= 0.3 is 0 Å². The Morgan fingerprint density at radius 2 is 2.18 bits per heavy atom. The molecule has 0 aliphatic heterocycles. The molecule has 0 bridgehead atoms. The second-order valence-corrected chi connectivity index (χ2v) is 5.18. The molecule has 17 heavy (non-hydrogen) atoms. The van der Waals surface area contributed by atoms with Gasteiger partial charge in [-0.2, -0.15) is 0 Å². The van der Waals surface area contributed by atoms with Gasteiger partial charge in [0.05, 0.1) is 5.69 Å². The van der Waals surface area contributed by atoms with E-state index in [0.717, 1.165) is 30.4 Å². The van der Waals surface area contributed by atoms with Gasteiger partial charge < -0.3 is 10.6 Å². The first-order valence-electron chi connectivity index (χ1n) is 6.31. The molecule has 1 aromatic carbocycles. The van der Waals surface area contributed by atoms with Crippen LogP contribution in [0.1, 0.15) is 18.9 Å². The van der Waals surface area contributed by atoms with Crippen molar-refractivity contribution in [3.05, 3.63) is 29.6 Å². The van der Waals surface area contributed by atoms with Crippen molar-refractivity contribution in [3.8, 4) is 0 Å². The number of rotatable bonds is 5. The zero-order valence-corrected chi connectivity index (χ0v) is 10.6. The molecule has 3 heteroatoms. The zero-order valence-electron chi connectivity index (χ0n) is 10.6. The number of hydrogen-bond acceptors (Lipinski definition) is 2. The van der Waals surface area contributed by atoms with Crippen LogP contribution in [0.25, 0.3) is 0 Å². The van der Waals surface area contributed by atoms with E-state index in [1.54, 1.807) is 6.07 Å². The molecular weight excluding hydrogens is 215 g/mol. The van der Waals surface area contributed by atoms with Gasteiger partial charge in [-0.3, -0.25) is 0 Å². The standard InChI is InChI=1S/C14H21FN2/c1-10-7-12(10)9-17(2)14-4-3-11(5-6-16)8-13(14)15/h3-4,8,10,12H,5-7,9,16H2,1-2H3. The summed E-state index contributed by atoms with van der Waals surface area (Å²) in [6.07, 6.45) is 2.01. The Morgan fingerprint density at radius 3 is 2.71 bits per heavy atom. The highest BCUT2D eigenvalue weighted by atomic mass is 19.1. The highest BCUT2D eigenvalue weighted by molar-refractivity contribution is 5.48. The van der Waals surface area contributed by atoms with Crippen LogP contribution in [0.3, 0.4) is 0 Å². The van der Waals surface area contributed by atoms with Gasteiger partial charge in [-0.25, -0.2) is 4.39 Å². The van der Waals surface area contributed by atoms with Crippen LogP contribution in [0.4, 0.5) is 10.1 Å². The molecule has 2 atom stereocenters. The summed E-state index contributed by atoms with van der Waals surface area (Å²) in [7, 11) is 1.96. The highest BCUT2D eigenvalue weighted by Gasteiger charge is 2.33. The lowest BCUT2D eigenvalue weighted by Crippen LogP contribution is -2.21. The van der Waals surface area contributed by atoms with E-state index in [9.17, 15) is 4.39 Å². The second kappa shape index (κ2) is 5.05. The van der Waals surface area contributed by atoms with E-state index >= 15 is 0 Å². The highest BCUT2D eigenvalue weighted by Crippen LogP contribution is 2.38. The SMILES string of the molecule is CC1CC1CN(C)c1ccc(CCN)cc1F. The number of benzene rings is 1. The molecule has 1 saturated carbocycles. The summed E-state index contributed by atoms with van der Waals surface area (Å²) < 4.78 is 13.9. The molecule has 2 unspecified atom stereocenters. The van der Waals surface area contributed by atoms with Crippen LogP contribution in [-0.2, 0) is 6.42 Å². The van der Waals surface area contributed by atoms with E-state index < -0.39 is 0 Å². The lowest BCUT2D eigenvalue weighted by Gasteiger charge is -2.20. The summed E-state index contributed by atoms with van der Waals surface area (Å²) in [5, 5.41) is 0. The first kappa shape index (κ1) is 12.4. The Morgan fingerprint density at radius 1 is 1.47 bits per heavy atom. The molecule has 0 aromatic heterocycles. The number of anilines is 1. The normalized spacial score (nSPS) is 22.6. The van der Waals surface area contributed by atoms with Gasteiger partial charge in [0.2, 0.25) is 0 Å². The summed E-state index contributed by atoms with van der Waals surface area (Å²) in [5.41, 5.74) is 7.14. The number of nitrogens with two attached hydrogens (primary N) is 1. The van der Waals surface area contributed by atoms with Gasteiger partial charge in [0.1, 0.15) is 5.82 Å². The number of nitrogens with zero attached hydrogens (tertiary/aromatic N) is 1. The first-order chi connectivity index (χ1) is 8.11.